The molecule has 91 heavy (non-hydrogen) atoms. The third kappa shape index (κ3) is 44.9. The van der Waals surface area contributed by atoms with Crippen LogP contribution in [0.4, 0.5) is 0 Å². The molecule has 0 radical (unpaired) electrons. The lowest BCUT2D eigenvalue weighted by Gasteiger charge is -2.46. The van der Waals surface area contributed by atoms with Gasteiger partial charge in [-0.05, 0) is 57.8 Å². The molecule has 0 aromatic rings. The molecular formula is C77H141NO13. The number of carbonyl (C=O) groups is 1. The Balaban J connectivity index is 1.59. The van der Waals surface area contributed by atoms with Crippen LogP contribution in [0.15, 0.2) is 60.8 Å². The fraction of sp³-hybridized carbons (Fsp3) is 0.857. The summed E-state index contributed by atoms with van der Waals surface area (Å²) in [4.78, 5) is 13.4. The Morgan fingerprint density at radius 2 is 0.758 bits per heavy atom. The van der Waals surface area contributed by atoms with Crippen LogP contribution in [0.1, 0.15) is 328 Å². The molecule has 2 rings (SSSR count). The van der Waals surface area contributed by atoms with Crippen molar-refractivity contribution in [2.45, 2.75) is 402 Å². The molecule has 2 fully saturated rings. The van der Waals surface area contributed by atoms with Crippen molar-refractivity contribution in [3.05, 3.63) is 60.8 Å². The van der Waals surface area contributed by atoms with Crippen LogP contribution in [0.3, 0.4) is 0 Å². The molecule has 2 aliphatic rings. The molecule has 14 heteroatoms. The smallest absolute Gasteiger partial charge is 0.220 e. The van der Waals surface area contributed by atoms with E-state index in [0.29, 0.717) is 6.42 Å². The highest BCUT2D eigenvalue weighted by atomic mass is 16.7. The summed E-state index contributed by atoms with van der Waals surface area (Å²) in [6, 6.07) is -0.915. The Morgan fingerprint density at radius 3 is 1.16 bits per heavy atom. The van der Waals surface area contributed by atoms with Crippen molar-refractivity contribution in [1.82, 2.24) is 5.32 Å². The van der Waals surface area contributed by atoms with Gasteiger partial charge in [0.25, 0.3) is 0 Å². The quantitative estimate of drug-likeness (QED) is 0.0204. The number of carbonyl (C=O) groups excluding carboxylic acids is 1. The highest BCUT2D eigenvalue weighted by Gasteiger charge is 2.51. The predicted molar refractivity (Wildman–Crippen MR) is 374 cm³/mol. The van der Waals surface area contributed by atoms with E-state index in [9.17, 15) is 45.6 Å². The lowest BCUT2D eigenvalue weighted by Crippen LogP contribution is -2.65. The Hall–Kier alpha value is -2.31. The van der Waals surface area contributed by atoms with E-state index >= 15 is 0 Å². The molecule has 0 spiro atoms. The first kappa shape index (κ1) is 84.8. The summed E-state index contributed by atoms with van der Waals surface area (Å²) in [6.45, 7) is 2.73. The van der Waals surface area contributed by atoms with Crippen molar-refractivity contribution in [3.63, 3.8) is 0 Å². The summed E-state index contributed by atoms with van der Waals surface area (Å²) in [7, 11) is 0. The lowest BCUT2D eigenvalue weighted by molar-refractivity contribution is -0.359. The molecule has 0 bridgehead atoms. The van der Waals surface area contributed by atoms with Gasteiger partial charge in [-0.2, -0.15) is 0 Å². The first-order valence-corrected chi connectivity index (χ1v) is 38.0. The topological polar surface area (TPSA) is 228 Å². The van der Waals surface area contributed by atoms with Gasteiger partial charge in [-0.15, -0.1) is 0 Å². The van der Waals surface area contributed by atoms with Crippen molar-refractivity contribution in [3.8, 4) is 0 Å². The van der Waals surface area contributed by atoms with Crippen LogP contribution in [-0.4, -0.2) is 140 Å². The van der Waals surface area contributed by atoms with E-state index in [0.717, 1.165) is 64.2 Å². The molecule has 9 N–H and O–H groups in total. The maximum atomic E-state index is 13.4. The fourth-order valence-corrected chi connectivity index (χ4v) is 12.5. The SMILES string of the molecule is CC/C=C\C/C=C\C/C=C\C/C=C\CCCCCCCCCCCCCCCCCCCCCCCCCCC(=O)NC(COC1OC(CO)C(OC2OC(CO)C(O)C(O)C2O)C(O)C1O)C(O)/C=C/CCCCCCCCCCCCCCCCCCCC. The summed E-state index contributed by atoms with van der Waals surface area (Å²) in [6.07, 6.45) is 65.8. The van der Waals surface area contributed by atoms with Gasteiger partial charge in [0.05, 0.1) is 32.0 Å². The minimum absolute atomic E-state index is 0.233. The third-order valence-electron chi connectivity index (χ3n) is 18.5. The Kier molecular flexibility index (Phi) is 57.1. The van der Waals surface area contributed by atoms with Gasteiger partial charge in [0.15, 0.2) is 12.6 Å². The number of aliphatic hydroxyl groups is 8. The van der Waals surface area contributed by atoms with E-state index in [1.54, 1.807) is 6.08 Å². The average Bonchev–Trinajstić information content (AvgIpc) is 1.04. The number of nitrogens with one attached hydrogen (secondary N) is 1. The van der Waals surface area contributed by atoms with Crippen LogP contribution in [-0.2, 0) is 23.7 Å². The monoisotopic (exact) mass is 1290 g/mol. The summed E-state index contributed by atoms with van der Waals surface area (Å²) < 4.78 is 22.9. The number of allylic oxidation sites excluding steroid dienone is 9. The molecular weight excluding hydrogens is 1150 g/mol. The molecule has 0 aliphatic carbocycles. The molecule has 2 saturated heterocycles. The van der Waals surface area contributed by atoms with E-state index in [1.165, 1.54) is 238 Å². The highest BCUT2D eigenvalue weighted by molar-refractivity contribution is 5.76. The Morgan fingerprint density at radius 1 is 0.407 bits per heavy atom. The minimum atomic E-state index is -1.79. The molecule has 0 aromatic carbocycles. The van der Waals surface area contributed by atoms with E-state index in [1.807, 2.05) is 6.08 Å². The second-order valence-electron chi connectivity index (χ2n) is 26.8. The number of unbranched alkanes of at least 4 members (excludes halogenated alkanes) is 42. The standard InChI is InChI=1S/C77H141NO13/c1-3-5-7-9-11-13-15-17-19-21-23-25-26-27-28-29-30-31-32-33-34-35-36-37-38-39-40-41-43-45-47-49-51-53-55-57-59-61-69(82)78-65(66(81)60-58-56-54-52-50-48-46-44-42-24-22-20-18-16-14-12-10-8-6-4-2)64-88-76-74(87)72(85)75(68(63-80)90-76)91-77-73(86)71(84)70(83)67(62-79)89-77/h5,7,11,13,17,19,23,25,58,60,65-68,70-77,79-81,83-87H,3-4,6,8-10,12,14-16,18,20-22,24,26-57,59,61-64H2,1-2H3,(H,78,82)/b7-5-,13-11-,19-17-,25-23-,60-58+. The van der Waals surface area contributed by atoms with E-state index in [4.69, 9.17) is 18.9 Å². The first-order valence-electron chi connectivity index (χ1n) is 38.0. The molecule has 0 aromatic heterocycles. The van der Waals surface area contributed by atoms with Crippen molar-refractivity contribution in [2.75, 3.05) is 19.8 Å². The maximum Gasteiger partial charge on any atom is 0.220 e. The molecule has 2 aliphatic heterocycles. The number of hydrogen-bond acceptors (Lipinski definition) is 13. The van der Waals surface area contributed by atoms with Gasteiger partial charge in [0.1, 0.15) is 48.8 Å². The zero-order chi connectivity index (χ0) is 65.9. The third-order valence-corrected chi connectivity index (χ3v) is 18.5. The summed E-state index contributed by atoms with van der Waals surface area (Å²) in [5.74, 6) is -0.233. The van der Waals surface area contributed by atoms with Crippen LogP contribution in [0.25, 0.3) is 0 Å². The highest BCUT2D eigenvalue weighted by Crippen LogP contribution is 2.30. The normalized spacial score (nSPS) is 23.1. The Labute approximate surface area is 556 Å². The van der Waals surface area contributed by atoms with Crippen LogP contribution >= 0.6 is 0 Å². The molecule has 2 heterocycles. The van der Waals surface area contributed by atoms with Crippen LogP contribution in [0.5, 0.6) is 0 Å². The zero-order valence-electron chi connectivity index (χ0n) is 58.1. The lowest BCUT2D eigenvalue weighted by atomic mass is 9.97. The van der Waals surface area contributed by atoms with Crippen molar-refractivity contribution in [1.29, 1.82) is 0 Å². The number of ether oxygens (including phenoxy) is 4. The number of rotatable bonds is 63. The molecule has 1 amide bonds. The summed E-state index contributed by atoms with van der Waals surface area (Å²) >= 11 is 0. The second kappa shape index (κ2) is 61.3. The molecule has 12 unspecified atom stereocenters. The number of amides is 1. The van der Waals surface area contributed by atoms with Crippen molar-refractivity contribution < 1.29 is 64.6 Å². The fourth-order valence-electron chi connectivity index (χ4n) is 12.5. The number of aliphatic hydroxyl groups excluding tert-OH is 8. The van der Waals surface area contributed by atoms with Gasteiger partial charge in [-0.25, -0.2) is 0 Å². The minimum Gasteiger partial charge on any atom is -0.394 e. The van der Waals surface area contributed by atoms with Gasteiger partial charge >= 0.3 is 0 Å². The van der Waals surface area contributed by atoms with Gasteiger partial charge in [-0.1, -0.05) is 325 Å². The van der Waals surface area contributed by atoms with E-state index < -0.39 is 86.8 Å². The summed E-state index contributed by atoms with van der Waals surface area (Å²) in [5, 5.41) is 87.5. The van der Waals surface area contributed by atoms with E-state index in [-0.39, 0.29) is 18.9 Å². The molecule has 14 nitrogen and oxygen atoms in total. The Bertz CT molecular complexity index is 1760. The maximum absolute atomic E-state index is 13.4. The van der Waals surface area contributed by atoms with Crippen LogP contribution in [0, 0.1) is 0 Å². The van der Waals surface area contributed by atoms with Crippen LogP contribution < -0.4 is 5.32 Å². The summed E-state index contributed by atoms with van der Waals surface area (Å²) in [5.41, 5.74) is 0. The van der Waals surface area contributed by atoms with E-state index in [2.05, 4.69) is 67.8 Å². The largest absolute Gasteiger partial charge is 0.394 e. The van der Waals surface area contributed by atoms with Gasteiger partial charge in [-0.3, -0.25) is 4.79 Å². The van der Waals surface area contributed by atoms with Gasteiger partial charge < -0.3 is 65.1 Å². The van der Waals surface area contributed by atoms with Crippen LogP contribution in [0.2, 0.25) is 0 Å². The first-order chi connectivity index (χ1) is 44.6. The zero-order valence-corrected chi connectivity index (χ0v) is 58.1. The van der Waals surface area contributed by atoms with Gasteiger partial charge in [0.2, 0.25) is 5.91 Å². The number of hydrogen-bond donors (Lipinski definition) is 9. The van der Waals surface area contributed by atoms with Crippen molar-refractivity contribution >= 4 is 5.91 Å². The molecule has 12 atom stereocenters. The predicted octanol–water partition coefficient (Wildman–Crippen LogP) is 16.4. The van der Waals surface area contributed by atoms with Crippen molar-refractivity contribution in [2.24, 2.45) is 0 Å². The molecule has 0 saturated carbocycles. The molecule has 532 valence electrons. The second-order valence-corrected chi connectivity index (χ2v) is 26.8. The van der Waals surface area contributed by atoms with Gasteiger partial charge in [0, 0.05) is 6.42 Å². The average molecular weight is 1290 g/mol.